The van der Waals surface area contributed by atoms with Gasteiger partial charge in [-0.2, -0.15) is 0 Å². The molecule has 128 valence electrons. The lowest BCUT2D eigenvalue weighted by molar-refractivity contribution is -0.132. The average molecular weight is 358 g/mol. The summed E-state index contributed by atoms with van der Waals surface area (Å²) in [6.07, 6.45) is 1.69. The van der Waals surface area contributed by atoms with Crippen molar-refractivity contribution < 1.29 is 9.59 Å². The molecule has 0 fully saturated rings. The van der Waals surface area contributed by atoms with E-state index in [4.69, 9.17) is 11.6 Å². The monoisotopic (exact) mass is 357 g/mol. The predicted octanol–water partition coefficient (Wildman–Crippen LogP) is 2.37. The topological polar surface area (TPSA) is 52.7 Å². The van der Waals surface area contributed by atoms with Crippen molar-refractivity contribution in [1.82, 2.24) is 15.1 Å². The van der Waals surface area contributed by atoms with Gasteiger partial charge < -0.3 is 10.2 Å². The van der Waals surface area contributed by atoms with E-state index in [2.05, 4.69) is 11.9 Å². The van der Waals surface area contributed by atoms with Crippen LogP contribution in [0, 0.1) is 0 Å². The van der Waals surface area contributed by atoms with Crippen LogP contribution in [0.1, 0.15) is 18.7 Å². The van der Waals surface area contributed by atoms with Gasteiger partial charge in [-0.15, -0.1) is 17.9 Å². The summed E-state index contributed by atoms with van der Waals surface area (Å²) in [7, 11) is 1.76. The van der Waals surface area contributed by atoms with Gasteiger partial charge in [-0.25, -0.2) is 0 Å². The minimum absolute atomic E-state index is 0.0470. The standard InChI is InChI=1S/C16H24ClN3O2S/c1-5-8-20(9-13-6-7-14(17)23-13)16(22)11-19(4)10-15(21)18-12(2)3/h5-7,12H,1,8-11H2,2-4H3,(H,18,21). The first-order chi connectivity index (χ1) is 10.8. The van der Waals surface area contributed by atoms with Crippen LogP contribution in [-0.2, 0) is 16.1 Å². The summed E-state index contributed by atoms with van der Waals surface area (Å²) in [6, 6.07) is 3.82. The average Bonchev–Trinajstić information content (AvgIpc) is 2.82. The minimum Gasteiger partial charge on any atom is -0.353 e. The van der Waals surface area contributed by atoms with Crippen LogP contribution in [0.4, 0.5) is 0 Å². The Labute approximate surface area is 146 Å². The lowest BCUT2D eigenvalue weighted by Crippen LogP contribution is -2.43. The molecular formula is C16H24ClN3O2S. The SMILES string of the molecule is C=CCN(Cc1ccc(Cl)s1)C(=O)CN(C)CC(=O)NC(C)C. The van der Waals surface area contributed by atoms with Gasteiger partial charge in [0.05, 0.1) is 24.0 Å². The van der Waals surface area contributed by atoms with Crippen molar-refractivity contribution in [3.63, 3.8) is 0 Å². The van der Waals surface area contributed by atoms with Crippen LogP contribution in [0.15, 0.2) is 24.8 Å². The number of halogens is 1. The summed E-state index contributed by atoms with van der Waals surface area (Å²) < 4.78 is 0.702. The van der Waals surface area contributed by atoms with Crippen molar-refractivity contribution in [1.29, 1.82) is 0 Å². The molecule has 23 heavy (non-hydrogen) atoms. The lowest BCUT2D eigenvalue weighted by Gasteiger charge is -2.24. The van der Waals surface area contributed by atoms with Crippen molar-refractivity contribution in [2.75, 3.05) is 26.7 Å². The van der Waals surface area contributed by atoms with Gasteiger partial charge >= 0.3 is 0 Å². The Morgan fingerprint density at radius 1 is 1.39 bits per heavy atom. The van der Waals surface area contributed by atoms with E-state index in [1.54, 1.807) is 22.9 Å². The summed E-state index contributed by atoms with van der Waals surface area (Å²) in [5, 5.41) is 2.81. The molecule has 0 spiro atoms. The lowest BCUT2D eigenvalue weighted by atomic mass is 10.3. The summed E-state index contributed by atoms with van der Waals surface area (Å²) in [5.41, 5.74) is 0. The Balaban J connectivity index is 2.56. The van der Waals surface area contributed by atoms with Crippen LogP contribution in [0.5, 0.6) is 0 Å². The number of thiophene rings is 1. The Kier molecular flexibility index (Phi) is 8.30. The van der Waals surface area contributed by atoms with Crippen LogP contribution in [0.3, 0.4) is 0 Å². The minimum atomic E-state index is -0.0874. The molecule has 0 aromatic carbocycles. The summed E-state index contributed by atoms with van der Waals surface area (Å²) in [4.78, 5) is 28.6. The number of nitrogens with one attached hydrogen (secondary N) is 1. The normalized spacial score (nSPS) is 10.9. The molecule has 5 nitrogen and oxygen atoms in total. The van der Waals surface area contributed by atoms with E-state index in [-0.39, 0.29) is 30.9 Å². The highest BCUT2D eigenvalue weighted by Gasteiger charge is 2.17. The first-order valence-corrected chi connectivity index (χ1v) is 8.62. The van der Waals surface area contributed by atoms with Crippen LogP contribution in [-0.4, -0.2) is 54.3 Å². The highest BCUT2D eigenvalue weighted by Crippen LogP contribution is 2.22. The molecular weight excluding hydrogens is 334 g/mol. The van der Waals surface area contributed by atoms with Gasteiger partial charge in [-0.05, 0) is 33.0 Å². The van der Waals surface area contributed by atoms with Gasteiger partial charge in [0.15, 0.2) is 0 Å². The van der Waals surface area contributed by atoms with E-state index in [0.29, 0.717) is 17.4 Å². The maximum absolute atomic E-state index is 12.4. The maximum Gasteiger partial charge on any atom is 0.237 e. The maximum atomic E-state index is 12.4. The molecule has 0 unspecified atom stereocenters. The van der Waals surface area contributed by atoms with Gasteiger partial charge in [0.1, 0.15) is 0 Å². The molecule has 1 aromatic rings. The van der Waals surface area contributed by atoms with Gasteiger partial charge in [-0.3, -0.25) is 14.5 Å². The third-order valence-corrected chi connectivity index (χ3v) is 4.16. The van der Waals surface area contributed by atoms with E-state index >= 15 is 0 Å². The van der Waals surface area contributed by atoms with Gasteiger partial charge in [0.25, 0.3) is 0 Å². The highest BCUT2D eigenvalue weighted by atomic mass is 35.5. The molecule has 0 aliphatic rings. The van der Waals surface area contributed by atoms with E-state index in [9.17, 15) is 9.59 Å². The number of amides is 2. The van der Waals surface area contributed by atoms with E-state index in [1.807, 2.05) is 26.0 Å². The second-order valence-electron chi connectivity index (χ2n) is 5.66. The quantitative estimate of drug-likeness (QED) is 0.690. The largest absolute Gasteiger partial charge is 0.353 e. The molecule has 0 radical (unpaired) electrons. The van der Waals surface area contributed by atoms with Gasteiger partial charge in [0.2, 0.25) is 11.8 Å². The third kappa shape index (κ3) is 7.63. The molecule has 0 saturated heterocycles. The van der Waals surface area contributed by atoms with Crippen LogP contribution < -0.4 is 5.32 Å². The van der Waals surface area contributed by atoms with Gasteiger partial charge in [0, 0.05) is 17.5 Å². The Hall–Kier alpha value is -1.37. The molecule has 1 rings (SSSR count). The smallest absolute Gasteiger partial charge is 0.237 e. The number of carbonyl (C=O) groups is 2. The zero-order valence-corrected chi connectivity index (χ0v) is 15.4. The Morgan fingerprint density at radius 2 is 2.09 bits per heavy atom. The molecule has 0 bridgehead atoms. The summed E-state index contributed by atoms with van der Waals surface area (Å²) in [6.45, 7) is 8.83. The fraction of sp³-hybridized carbons (Fsp3) is 0.500. The fourth-order valence-electron chi connectivity index (χ4n) is 2.03. The number of rotatable bonds is 9. The zero-order valence-electron chi connectivity index (χ0n) is 13.8. The fourth-order valence-corrected chi connectivity index (χ4v) is 3.14. The van der Waals surface area contributed by atoms with E-state index in [0.717, 1.165) is 4.88 Å². The first-order valence-electron chi connectivity index (χ1n) is 7.42. The van der Waals surface area contributed by atoms with Crippen LogP contribution in [0.25, 0.3) is 0 Å². The van der Waals surface area contributed by atoms with Crippen molar-refractivity contribution in [2.45, 2.75) is 26.4 Å². The molecule has 0 aliphatic heterocycles. The zero-order chi connectivity index (χ0) is 17.4. The number of carbonyl (C=O) groups excluding carboxylic acids is 2. The van der Waals surface area contributed by atoms with E-state index < -0.39 is 0 Å². The van der Waals surface area contributed by atoms with Crippen molar-refractivity contribution in [3.05, 3.63) is 34.0 Å². The molecule has 1 N–H and O–H groups in total. The molecule has 0 atom stereocenters. The molecule has 1 heterocycles. The van der Waals surface area contributed by atoms with Crippen molar-refractivity contribution in [3.8, 4) is 0 Å². The van der Waals surface area contributed by atoms with Gasteiger partial charge in [-0.1, -0.05) is 17.7 Å². The number of likely N-dealkylation sites (N-methyl/N-ethyl adjacent to an activating group) is 1. The Bertz CT molecular complexity index is 545. The van der Waals surface area contributed by atoms with Crippen molar-refractivity contribution in [2.24, 2.45) is 0 Å². The molecule has 7 heteroatoms. The molecule has 2 amide bonds. The number of nitrogens with zero attached hydrogens (tertiary/aromatic N) is 2. The Morgan fingerprint density at radius 3 is 2.61 bits per heavy atom. The highest BCUT2D eigenvalue weighted by molar-refractivity contribution is 7.16. The predicted molar refractivity (Wildman–Crippen MR) is 95.7 cm³/mol. The number of hydrogen-bond donors (Lipinski definition) is 1. The second-order valence-corrected chi connectivity index (χ2v) is 7.46. The first kappa shape index (κ1) is 19.7. The summed E-state index contributed by atoms with van der Waals surface area (Å²) in [5.74, 6) is -0.134. The van der Waals surface area contributed by atoms with Crippen molar-refractivity contribution >= 4 is 34.8 Å². The van der Waals surface area contributed by atoms with Crippen LogP contribution >= 0.6 is 22.9 Å². The third-order valence-electron chi connectivity index (χ3n) is 2.95. The number of hydrogen-bond acceptors (Lipinski definition) is 4. The van der Waals surface area contributed by atoms with E-state index in [1.165, 1.54) is 11.3 Å². The van der Waals surface area contributed by atoms with Crippen LogP contribution in [0.2, 0.25) is 4.34 Å². The molecule has 0 aliphatic carbocycles. The molecule has 0 saturated carbocycles. The summed E-state index contributed by atoms with van der Waals surface area (Å²) >= 11 is 7.38. The second kappa shape index (κ2) is 9.70. The molecule has 1 aromatic heterocycles.